The lowest BCUT2D eigenvalue weighted by Crippen LogP contribution is -2.43. The van der Waals surface area contributed by atoms with Crippen molar-refractivity contribution in [3.8, 4) is 0 Å². The fraction of sp³-hybridized carbons (Fsp3) is 0.800. The average Bonchev–Trinajstić information content (AvgIpc) is 2.96. The van der Waals surface area contributed by atoms with Gasteiger partial charge in [-0.25, -0.2) is 4.98 Å². The molecule has 0 radical (unpaired) electrons. The van der Waals surface area contributed by atoms with Crippen LogP contribution in [0.1, 0.15) is 25.6 Å². The first-order chi connectivity index (χ1) is 7.85. The van der Waals surface area contributed by atoms with Crippen molar-refractivity contribution in [2.45, 2.75) is 44.0 Å². The van der Waals surface area contributed by atoms with Gasteiger partial charge in [-0.3, -0.25) is 16.0 Å². The summed E-state index contributed by atoms with van der Waals surface area (Å²) in [5.74, 6) is 7.92. The van der Waals surface area contributed by atoms with Crippen molar-refractivity contribution in [2.24, 2.45) is 5.84 Å². The summed E-state index contributed by atoms with van der Waals surface area (Å²) in [5, 5.41) is 4.80. The number of aromatic nitrogens is 3. The van der Waals surface area contributed by atoms with Crippen LogP contribution in [0.3, 0.4) is 0 Å². The predicted octanol–water partition coefficient (Wildman–Crippen LogP) is 0.568. The summed E-state index contributed by atoms with van der Waals surface area (Å²) >= 11 is 2.01. The van der Waals surface area contributed by atoms with Gasteiger partial charge in [0.05, 0.1) is 0 Å². The number of rotatable bonds is 5. The molecule has 90 valence electrons. The standard InChI is InChI=1S/C10H19N5S/c1-2-15-10(12-7-13-15)6-8(14-11)9-4-3-5-16-9/h7-9,14H,2-6,11H2,1H3. The van der Waals surface area contributed by atoms with Crippen LogP contribution >= 0.6 is 11.8 Å². The van der Waals surface area contributed by atoms with Crippen molar-refractivity contribution in [2.75, 3.05) is 5.75 Å². The Kier molecular flexibility index (Phi) is 4.20. The second kappa shape index (κ2) is 5.65. The maximum atomic E-state index is 5.64. The van der Waals surface area contributed by atoms with E-state index in [-0.39, 0.29) is 0 Å². The summed E-state index contributed by atoms with van der Waals surface area (Å²) in [6.07, 6.45) is 5.03. The summed E-state index contributed by atoms with van der Waals surface area (Å²) < 4.78 is 1.93. The zero-order valence-electron chi connectivity index (χ0n) is 9.59. The van der Waals surface area contributed by atoms with E-state index in [1.54, 1.807) is 6.33 Å². The molecule has 0 aromatic carbocycles. The first kappa shape index (κ1) is 11.9. The van der Waals surface area contributed by atoms with Crippen molar-refractivity contribution in [1.29, 1.82) is 0 Å². The third-order valence-corrected chi connectivity index (χ3v) is 4.54. The second-order valence-electron chi connectivity index (χ2n) is 4.02. The summed E-state index contributed by atoms with van der Waals surface area (Å²) in [7, 11) is 0. The van der Waals surface area contributed by atoms with Gasteiger partial charge in [0.15, 0.2) is 0 Å². The lowest BCUT2D eigenvalue weighted by molar-refractivity contribution is 0.470. The summed E-state index contributed by atoms with van der Waals surface area (Å²) in [6, 6.07) is 0.307. The molecule has 2 unspecified atom stereocenters. The molecule has 5 nitrogen and oxygen atoms in total. The van der Waals surface area contributed by atoms with E-state index in [0.29, 0.717) is 11.3 Å². The Morgan fingerprint density at radius 3 is 3.25 bits per heavy atom. The van der Waals surface area contributed by atoms with Gasteiger partial charge in [0.2, 0.25) is 0 Å². The van der Waals surface area contributed by atoms with E-state index in [9.17, 15) is 0 Å². The molecule has 3 N–H and O–H groups in total. The van der Waals surface area contributed by atoms with Gasteiger partial charge in [0, 0.05) is 24.3 Å². The summed E-state index contributed by atoms with van der Waals surface area (Å²) in [4.78, 5) is 4.29. The van der Waals surface area contributed by atoms with Crippen LogP contribution in [0.5, 0.6) is 0 Å². The molecule has 0 bridgehead atoms. The van der Waals surface area contributed by atoms with Gasteiger partial charge in [0.1, 0.15) is 12.2 Å². The van der Waals surface area contributed by atoms with Gasteiger partial charge in [-0.05, 0) is 25.5 Å². The molecule has 6 heteroatoms. The highest BCUT2D eigenvalue weighted by Gasteiger charge is 2.26. The zero-order chi connectivity index (χ0) is 11.4. The molecule has 0 saturated carbocycles. The molecule has 1 aliphatic heterocycles. The van der Waals surface area contributed by atoms with Gasteiger partial charge in [0.25, 0.3) is 0 Å². The average molecular weight is 241 g/mol. The molecule has 0 spiro atoms. The second-order valence-corrected chi connectivity index (χ2v) is 5.37. The van der Waals surface area contributed by atoms with E-state index in [1.807, 2.05) is 16.4 Å². The van der Waals surface area contributed by atoms with Crippen LogP contribution in [0, 0.1) is 0 Å². The third-order valence-electron chi connectivity index (χ3n) is 3.03. The molecule has 1 aliphatic rings. The SMILES string of the molecule is CCn1ncnc1CC(NN)C1CCCS1. The largest absolute Gasteiger partial charge is 0.271 e. The Balaban J connectivity index is 2.00. The van der Waals surface area contributed by atoms with Gasteiger partial charge in [-0.15, -0.1) is 0 Å². The molecule has 1 saturated heterocycles. The number of thioether (sulfide) groups is 1. The molecule has 0 amide bonds. The zero-order valence-corrected chi connectivity index (χ0v) is 10.4. The lowest BCUT2D eigenvalue weighted by atomic mass is 10.1. The molecular weight excluding hydrogens is 222 g/mol. The Labute approximate surface area is 100 Å². The molecule has 0 aliphatic carbocycles. The molecule has 2 heterocycles. The van der Waals surface area contributed by atoms with Crippen molar-refractivity contribution < 1.29 is 0 Å². The van der Waals surface area contributed by atoms with Crippen molar-refractivity contribution in [3.05, 3.63) is 12.2 Å². The number of nitrogens with two attached hydrogens (primary N) is 1. The van der Waals surface area contributed by atoms with E-state index in [4.69, 9.17) is 5.84 Å². The number of nitrogens with zero attached hydrogens (tertiary/aromatic N) is 3. The van der Waals surface area contributed by atoms with Gasteiger partial charge in [-0.1, -0.05) is 0 Å². The highest BCUT2D eigenvalue weighted by Crippen LogP contribution is 2.29. The molecular formula is C10H19N5S. The Bertz CT molecular complexity index is 321. The van der Waals surface area contributed by atoms with E-state index in [0.717, 1.165) is 18.8 Å². The predicted molar refractivity (Wildman–Crippen MR) is 66.0 cm³/mol. The molecule has 1 fully saturated rings. The van der Waals surface area contributed by atoms with Crippen LogP contribution in [-0.4, -0.2) is 31.8 Å². The van der Waals surface area contributed by atoms with Crippen LogP contribution in [0.4, 0.5) is 0 Å². The van der Waals surface area contributed by atoms with Crippen LogP contribution in [0.2, 0.25) is 0 Å². The number of hydrogen-bond donors (Lipinski definition) is 2. The maximum absolute atomic E-state index is 5.64. The van der Waals surface area contributed by atoms with Crippen LogP contribution in [-0.2, 0) is 13.0 Å². The van der Waals surface area contributed by atoms with E-state index < -0.39 is 0 Å². The van der Waals surface area contributed by atoms with E-state index in [2.05, 4.69) is 22.4 Å². The van der Waals surface area contributed by atoms with Gasteiger partial charge < -0.3 is 0 Å². The quantitative estimate of drug-likeness (QED) is 0.582. The normalized spacial score (nSPS) is 22.5. The van der Waals surface area contributed by atoms with Gasteiger partial charge >= 0.3 is 0 Å². The van der Waals surface area contributed by atoms with Crippen molar-refractivity contribution >= 4 is 11.8 Å². The first-order valence-corrected chi connectivity index (χ1v) is 6.84. The van der Waals surface area contributed by atoms with Crippen LogP contribution in [0.25, 0.3) is 0 Å². The first-order valence-electron chi connectivity index (χ1n) is 5.79. The minimum absolute atomic E-state index is 0.307. The van der Waals surface area contributed by atoms with Crippen LogP contribution < -0.4 is 11.3 Å². The summed E-state index contributed by atoms with van der Waals surface area (Å²) in [5.41, 5.74) is 2.93. The highest BCUT2D eigenvalue weighted by molar-refractivity contribution is 8.00. The topological polar surface area (TPSA) is 68.8 Å². The van der Waals surface area contributed by atoms with E-state index >= 15 is 0 Å². The molecule has 2 rings (SSSR count). The highest BCUT2D eigenvalue weighted by atomic mass is 32.2. The lowest BCUT2D eigenvalue weighted by Gasteiger charge is -2.21. The molecule has 16 heavy (non-hydrogen) atoms. The smallest absolute Gasteiger partial charge is 0.138 e. The molecule has 1 aromatic heterocycles. The fourth-order valence-corrected chi connectivity index (χ4v) is 3.50. The minimum Gasteiger partial charge on any atom is -0.271 e. The van der Waals surface area contributed by atoms with Crippen molar-refractivity contribution in [3.63, 3.8) is 0 Å². The Morgan fingerprint density at radius 2 is 2.62 bits per heavy atom. The Hall–Kier alpha value is -0.590. The number of nitrogens with one attached hydrogen (secondary N) is 1. The third kappa shape index (κ3) is 2.56. The number of hydrazine groups is 1. The molecule has 2 atom stereocenters. The monoisotopic (exact) mass is 241 g/mol. The Morgan fingerprint density at radius 1 is 1.75 bits per heavy atom. The maximum Gasteiger partial charge on any atom is 0.138 e. The number of aryl methyl sites for hydroxylation is 1. The summed E-state index contributed by atoms with van der Waals surface area (Å²) in [6.45, 7) is 2.94. The minimum atomic E-state index is 0.307. The van der Waals surface area contributed by atoms with E-state index in [1.165, 1.54) is 18.6 Å². The molecule has 1 aromatic rings. The van der Waals surface area contributed by atoms with Gasteiger partial charge in [-0.2, -0.15) is 16.9 Å². The number of hydrogen-bond acceptors (Lipinski definition) is 5. The van der Waals surface area contributed by atoms with Crippen molar-refractivity contribution in [1.82, 2.24) is 20.2 Å². The van der Waals surface area contributed by atoms with Crippen LogP contribution in [0.15, 0.2) is 6.33 Å². The fourth-order valence-electron chi connectivity index (χ4n) is 2.12.